The van der Waals surface area contributed by atoms with Gasteiger partial charge in [-0.3, -0.25) is 0 Å². The van der Waals surface area contributed by atoms with Gasteiger partial charge in [0.05, 0.1) is 11.2 Å². The number of aromatic amines is 1. The molecule has 0 radical (unpaired) electrons. The van der Waals surface area contributed by atoms with E-state index in [0.717, 1.165) is 0 Å². The molecule has 2 rings (SSSR count). The molecule has 5 nitrogen and oxygen atoms in total. The number of H-pyrrole nitrogens is 1. The minimum Gasteiger partial charge on any atom is -0.453 e. The number of halogens is 3. The summed E-state index contributed by atoms with van der Waals surface area (Å²) < 4.78 is 6.66. The molecule has 0 bridgehead atoms. The molecule has 0 saturated heterocycles. The van der Waals surface area contributed by atoms with Gasteiger partial charge in [0.2, 0.25) is 0 Å². The van der Waals surface area contributed by atoms with Crippen LogP contribution in [-0.2, 0) is 18.4 Å². The summed E-state index contributed by atoms with van der Waals surface area (Å²) in [5.74, 6) is -0.0278. The third kappa shape index (κ3) is 2.63. The molecule has 0 atom stereocenters. The molecular weight excluding hydrogens is 300 g/mol. The number of hydrogen-bond acceptors (Lipinski definition) is 3. The van der Waals surface area contributed by atoms with Gasteiger partial charge in [-0.1, -0.05) is 34.8 Å². The lowest BCUT2D eigenvalue weighted by atomic mass is 10.4. The molecule has 0 unspecified atom stereocenters. The number of carbonyl (C=O) groups excluding carboxylic acids is 1. The van der Waals surface area contributed by atoms with E-state index in [1.807, 2.05) is 0 Å². The maximum absolute atomic E-state index is 11.7. The molecule has 2 aromatic heterocycles. The van der Waals surface area contributed by atoms with E-state index in [9.17, 15) is 4.79 Å². The van der Waals surface area contributed by atoms with Crippen molar-refractivity contribution in [1.82, 2.24) is 14.5 Å². The van der Waals surface area contributed by atoms with Crippen molar-refractivity contribution in [3.8, 4) is 0 Å². The number of aromatic nitrogens is 3. The highest BCUT2D eigenvalue weighted by atomic mass is 35.5. The fourth-order valence-electron chi connectivity index (χ4n) is 1.28. The third-order valence-corrected chi connectivity index (χ3v) is 3.35. The molecule has 0 aromatic carbocycles. The van der Waals surface area contributed by atoms with Crippen molar-refractivity contribution in [2.24, 2.45) is 7.05 Å². The van der Waals surface area contributed by atoms with Crippen LogP contribution < -0.4 is 0 Å². The normalized spacial score (nSPS) is 10.7. The zero-order valence-electron chi connectivity index (χ0n) is 9.21. The van der Waals surface area contributed by atoms with E-state index in [4.69, 9.17) is 39.5 Å². The van der Waals surface area contributed by atoms with Gasteiger partial charge in [-0.25, -0.2) is 9.78 Å². The lowest BCUT2D eigenvalue weighted by Crippen LogP contribution is -2.08. The highest BCUT2D eigenvalue weighted by molar-refractivity contribution is 6.41. The predicted molar refractivity (Wildman–Crippen MR) is 68.2 cm³/mol. The van der Waals surface area contributed by atoms with E-state index in [-0.39, 0.29) is 22.5 Å². The molecule has 2 heterocycles. The number of imidazole rings is 1. The first-order valence-electron chi connectivity index (χ1n) is 4.86. The van der Waals surface area contributed by atoms with Crippen LogP contribution in [0.2, 0.25) is 15.3 Å². The Morgan fingerprint density at radius 1 is 1.50 bits per heavy atom. The number of esters is 1. The van der Waals surface area contributed by atoms with E-state index >= 15 is 0 Å². The highest BCUT2D eigenvalue weighted by Gasteiger charge is 2.14. The van der Waals surface area contributed by atoms with E-state index in [0.29, 0.717) is 11.0 Å². The van der Waals surface area contributed by atoms with Gasteiger partial charge in [-0.2, -0.15) is 0 Å². The van der Waals surface area contributed by atoms with Crippen LogP contribution in [0.3, 0.4) is 0 Å². The quantitative estimate of drug-likeness (QED) is 0.887. The lowest BCUT2D eigenvalue weighted by Gasteiger charge is -2.03. The standard InChI is InChI=1S/C10H8Cl3N3O2/c1-16-7(12)3-14-8(16)4-18-10(17)6-2-5(11)9(13)15-6/h2-3,15H,4H2,1H3. The Labute approximate surface area is 118 Å². The fraction of sp³-hybridized carbons (Fsp3) is 0.200. The molecule has 1 N–H and O–H groups in total. The van der Waals surface area contributed by atoms with Crippen molar-refractivity contribution >= 4 is 40.8 Å². The summed E-state index contributed by atoms with van der Waals surface area (Å²) in [6.07, 6.45) is 1.48. The molecule has 0 aliphatic carbocycles. The van der Waals surface area contributed by atoms with Crippen LogP contribution in [0.4, 0.5) is 0 Å². The van der Waals surface area contributed by atoms with E-state index in [1.165, 1.54) is 12.3 Å². The predicted octanol–water partition coefficient (Wildman–Crippen LogP) is 3.07. The van der Waals surface area contributed by atoms with Gasteiger partial charge in [0, 0.05) is 7.05 Å². The lowest BCUT2D eigenvalue weighted by molar-refractivity contribution is 0.0453. The zero-order chi connectivity index (χ0) is 13.3. The molecule has 0 saturated carbocycles. The molecule has 8 heteroatoms. The van der Waals surface area contributed by atoms with E-state index < -0.39 is 5.97 Å². The summed E-state index contributed by atoms with van der Waals surface area (Å²) in [5.41, 5.74) is 0.185. The minimum absolute atomic E-state index is 0.0102. The number of nitrogens with zero attached hydrogens (tertiary/aromatic N) is 2. The summed E-state index contributed by atoms with van der Waals surface area (Å²) in [7, 11) is 1.72. The number of ether oxygens (including phenoxy) is 1. The Hall–Kier alpha value is -1.17. The second-order valence-corrected chi connectivity index (χ2v) is 4.65. The Kier molecular flexibility index (Phi) is 3.85. The first kappa shape index (κ1) is 13.3. The number of nitrogens with one attached hydrogen (secondary N) is 1. The Morgan fingerprint density at radius 3 is 2.72 bits per heavy atom. The summed E-state index contributed by atoms with van der Waals surface area (Å²) in [6, 6.07) is 1.40. The Morgan fingerprint density at radius 2 is 2.22 bits per heavy atom. The molecular formula is C10H8Cl3N3O2. The van der Waals surface area contributed by atoms with Crippen LogP contribution in [0.5, 0.6) is 0 Å². The van der Waals surface area contributed by atoms with Gasteiger partial charge in [0.25, 0.3) is 0 Å². The average Bonchev–Trinajstić information content (AvgIpc) is 2.83. The number of rotatable bonds is 3. The molecule has 0 amide bonds. The van der Waals surface area contributed by atoms with Crippen molar-refractivity contribution in [3.05, 3.63) is 39.1 Å². The highest BCUT2D eigenvalue weighted by Crippen LogP contribution is 2.22. The zero-order valence-corrected chi connectivity index (χ0v) is 11.5. The monoisotopic (exact) mass is 307 g/mol. The van der Waals surface area contributed by atoms with Crippen molar-refractivity contribution in [2.75, 3.05) is 0 Å². The average molecular weight is 309 g/mol. The maximum atomic E-state index is 11.7. The summed E-state index contributed by atoms with van der Waals surface area (Å²) in [6.45, 7) is 0.0102. The molecule has 0 fully saturated rings. The summed E-state index contributed by atoms with van der Waals surface area (Å²) >= 11 is 17.2. The minimum atomic E-state index is -0.567. The smallest absolute Gasteiger partial charge is 0.355 e. The van der Waals surface area contributed by atoms with Gasteiger partial charge in [0.15, 0.2) is 0 Å². The first-order valence-corrected chi connectivity index (χ1v) is 5.99. The van der Waals surface area contributed by atoms with E-state index in [2.05, 4.69) is 9.97 Å². The van der Waals surface area contributed by atoms with Crippen molar-refractivity contribution in [3.63, 3.8) is 0 Å². The van der Waals surface area contributed by atoms with Gasteiger partial charge in [0.1, 0.15) is 28.4 Å². The van der Waals surface area contributed by atoms with Crippen LogP contribution in [-0.4, -0.2) is 20.5 Å². The van der Waals surface area contributed by atoms with Crippen molar-refractivity contribution in [1.29, 1.82) is 0 Å². The largest absolute Gasteiger partial charge is 0.453 e. The topological polar surface area (TPSA) is 59.9 Å². The van der Waals surface area contributed by atoms with E-state index in [1.54, 1.807) is 11.6 Å². The molecule has 96 valence electrons. The molecule has 0 spiro atoms. The van der Waals surface area contributed by atoms with Crippen LogP contribution in [0.1, 0.15) is 16.3 Å². The molecule has 0 aliphatic rings. The summed E-state index contributed by atoms with van der Waals surface area (Å²) in [5, 5.41) is 0.930. The van der Waals surface area contributed by atoms with Crippen LogP contribution >= 0.6 is 34.8 Å². The second-order valence-electron chi connectivity index (χ2n) is 3.48. The number of carbonyl (C=O) groups is 1. The number of hydrogen-bond donors (Lipinski definition) is 1. The first-order chi connectivity index (χ1) is 8.49. The Balaban J connectivity index is 2.02. The van der Waals surface area contributed by atoms with Crippen LogP contribution in [0.15, 0.2) is 12.3 Å². The maximum Gasteiger partial charge on any atom is 0.355 e. The third-order valence-electron chi connectivity index (χ3n) is 2.31. The second kappa shape index (κ2) is 5.22. The van der Waals surface area contributed by atoms with Gasteiger partial charge in [-0.15, -0.1) is 0 Å². The van der Waals surface area contributed by atoms with Crippen LogP contribution in [0, 0.1) is 0 Å². The van der Waals surface area contributed by atoms with Crippen molar-refractivity contribution < 1.29 is 9.53 Å². The SMILES string of the molecule is Cn1c(Cl)cnc1COC(=O)c1cc(Cl)c(Cl)[nH]1. The van der Waals surface area contributed by atoms with Crippen molar-refractivity contribution in [2.45, 2.75) is 6.61 Å². The van der Waals surface area contributed by atoms with Gasteiger partial charge >= 0.3 is 5.97 Å². The molecule has 2 aromatic rings. The van der Waals surface area contributed by atoms with Gasteiger partial charge in [-0.05, 0) is 6.07 Å². The van der Waals surface area contributed by atoms with Crippen LogP contribution in [0.25, 0.3) is 0 Å². The van der Waals surface area contributed by atoms with Gasteiger partial charge < -0.3 is 14.3 Å². The Bertz CT molecular complexity index is 572. The fourth-order valence-corrected chi connectivity index (χ4v) is 1.74. The molecule has 0 aliphatic heterocycles. The summed E-state index contributed by atoms with van der Waals surface area (Å²) in [4.78, 5) is 18.3. The molecule has 18 heavy (non-hydrogen) atoms.